The predicted octanol–water partition coefficient (Wildman–Crippen LogP) is 4.80. The molecule has 0 aliphatic carbocycles. The molecule has 1 aliphatic heterocycles. The summed E-state index contributed by atoms with van der Waals surface area (Å²) < 4.78 is 18.0. The van der Waals surface area contributed by atoms with Crippen molar-refractivity contribution in [2.45, 2.75) is 13.1 Å². The third-order valence-electron chi connectivity index (χ3n) is 5.38. The molecule has 2 amide bonds. The molecule has 1 aliphatic rings. The first-order valence-corrected chi connectivity index (χ1v) is 10.7. The first-order chi connectivity index (χ1) is 16.1. The van der Waals surface area contributed by atoms with Crippen molar-refractivity contribution in [3.8, 4) is 17.2 Å². The molecule has 33 heavy (non-hydrogen) atoms. The average Bonchev–Trinajstić information content (AvgIpc) is 3.42. The van der Waals surface area contributed by atoms with Gasteiger partial charge < -0.3 is 19.5 Å². The lowest BCUT2D eigenvalue weighted by atomic mass is 10.2. The molecule has 0 atom stereocenters. The summed E-state index contributed by atoms with van der Waals surface area (Å²) in [6.45, 7) is 0.902. The van der Waals surface area contributed by atoms with Crippen molar-refractivity contribution >= 4 is 34.4 Å². The zero-order chi connectivity index (χ0) is 22.8. The maximum atomic E-state index is 12.6. The van der Waals surface area contributed by atoms with Crippen LogP contribution >= 0.6 is 11.6 Å². The molecule has 2 N–H and O–H groups in total. The molecule has 0 spiro atoms. The number of hydrogen-bond acceptors (Lipinski definition) is 5. The van der Waals surface area contributed by atoms with Crippen LogP contribution in [-0.4, -0.2) is 29.7 Å². The number of urea groups is 1. The number of carbonyl (C=O) groups excluding carboxylic acids is 1. The summed E-state index contributed by atoms with van der Waals surface area (Å²) in [7, 11) is 1.60. The summed E-state index contributed by atoms with van der Waals surface area (Å²) in [6.07, 6.45) is 0. The summed E-state index contributed by atoms with van der Waals surface area (Å²) in [5.41, 5.74) is 2.58. The average molecular weight is 465 g/mol. The van der Waals surface area contributed by atoms with Crippen LogP contribution in [0.5, 0.6) is 17.2 Å². The summed E-state index contributed by atoms with van der Waals surface area (Å²) in [5, 5.41) is 11.7. The normalized spacial score (nSPS) is 12.1. The van der Waals surface area contributed by atoms with Gasteiger partial charge in [0.05, 0.1) is 19.2 Å². The number of para-hydroxylation sites is 2. The SMILES string of the molecule is COc1ccccc1CNC(=O)Nc1nn(Cc2cc3c(cc2Cl)OCO3)c2ccccc12. The van der Waals surface area contributed by atoms with Crippen molar-refractivity contribution in [1.82, 2.24) is 15.1 Å². The summed E-state index contributed by atoms with van der Waals surface area (Å²) >= 11 is 6.46. The van der Waals surface area contributed by atoms with Gasteiger partial charge in [0.15, 0.2) is 17.3 Å². The Hall–Kier alpha value is -3.91. The molecular formula is C24H21ClN4O4. The molecule has 0 saturated heterocycles. The van der Waals surface area contributed by atoms with Gasteiger partial charge in [-0.15, -0.1) is 0 Å². The van der Waals surface area contributed by atoms with Crippen molar-refractivity contribution < 1.29 is 19.0 Å². The van der Waals surface area contributed by atoms with Gasteiger partial charge in [-0.05, 0) is 29.8 Å². The third kappa shape index (κ3) is 4.25. The minimum atomic E-state index is -0.363. The smallest absolute Gasteiger partial charge is 0.320 e. The van der Waals surface area contributed by atoms with E-state index in [1.165, 1.54) is 0 Å². The van der Waals surface area contributed by atoms with Crippen LogP contribution in [0.1, 0.15) is 11.1 Å². The number of carbonyl (C=O) groups is 1. The van der Waals surface area contributed by atoms with Gasteiger partial charge in [-0.3, -0.25) is 10.00 Å². The number of benzene rings is 3. The minimum absolute atomic E-state index is 0.178. The number of nitrogens with one attached hydrogen (secondary N) is 2. The Morgan fingerprint density at radius 3 is 2.70 bits per heavy atom. The second-order valence-electron chi connectivity index (χ2n) is 7.44. The molecule has 0 bridgehead atoms. The highest BCUT2D eigenvalue weighted by molar-refractivity contribution is 6.31. The maximum Gasteiger partial charge on any atom is 0.320 e. The molecule has 3 aromatic carbocycles. The number of anilines is 1. The largest absolute Gasteiger partial charge is 0.496 e. The summed E-state index contributed by atoms with van der Waals surface area (Å²) in [5.74, 6) is 2.45. The minimum Gasteiger partial charge on any atom is -0.496 e. The number of aromatic nitrogens is 2. The van der Waals surface area contributed by atoms with Crippen molar-refractivity contribution in [2.24, 2.45) is 0 Å². The van der Waals surface area contributed by atoms with Gasteiger partial charge in [-0.25, -0.2) is 4.79 Å². The van der Waals surface area contributed by atoms with Crippen molar-refractivity contribution in [1.29, 1.82) is 0 Å². The van der Waals surface area contributed by atoms with Crippen molar-refractivity contribution in [3.63, 3.8) is 0 Å². The van der Waals surface area contributed by atoms with Crippen LogP contribution in [-0.2, 0) is 13.1 Å². The molecule has 0 saturated carbocycles. The number of methoxy groups -OCH3 is 1. The highest BCUT2D eigenvalue weighted by atomic mass is 35.5. The number of amides is 2. The Morgan fingerprint density at radius 2 is 1.85 bits per heavy atom. The van der Waals surface area contributed by atoms with Crippen LogP contribution in [0.4, 0.5) is 10.6 Å². The fourth-order valence-electron chi connectivity index (χ4n) is 3.76. The highest BCUT2D eigenvalue weighted by Crippen LogP contribution is 2.37. The molecule has 1 aromatic heterocycles. The summed E-state index contributed by atoms with van der Waals surface area (Å²) in [4.78, 5) is 12.6. The lowest BCUT2D eigenvalue weighted by Crippen LogP contribution is -2.28. The van der Waals surface area contributed by atoms with Crippen LogP contribution in [0, 0.1) is 0 Å². The Labute approximate surface area is 195 Å². The zero-order valence-electron chi connectivity index (χ0n) is 17.8. The Morgan fingerprint density at radius 1 is 1.09 bits per heavy atom. The number of rotatable bonds is 6. The topological polar surface area (TPSA) is 86.6 Å². The van der Waals surface area contributed by atoms with E-state index in [2.05, 4.69) is 15.7 Å². The van der Waals surface area contributed by atoms with Gasteiger partial charge in [0.25, 0.3) is 0 Å². The van der Waals surface area contributed by atoms with E-state index in [1.54, 1.807) is 17.9 Å². The Bertz CT molecular complexity index is 1340. The Balaban J connectivity index is 1.36. The number of halogens is 1. The van der Waals surface area contributed by atoms with Crippen LogP contribution in [0.25, 0.3) is 10.9 Å². The quantitative estimate of drug-likeness (QED) is 0.428. The van der Waals surface area contributed by atoms with E-state index >= 15 is 0 Å². The van der Waals surface area contributed by atoms with Crippen LogP contribution in [0.15, 0.2) is 60.7 Å². The molecular weight excluding hydrogens is 444 g/mol. The van der Waals surface area contributed by atoms with Crippen molar-refractivity contribution in [2.75, 3.05) is 19.2 Å². The second-order valence-corrected chi connectivity index (χ2v) is 7.85. The Kier molecular flexibility index (Phi) is 5.66. The van der Waals surface area contributed by atoms with E-state index in [4.69, 9.17) is 25.8 Å². The number of fused-ring (bicyclic) bond motifs is 2. The molecule has 0 fully saturated rings. The van der Waals surface area contributed by atoms with E-state index < -0.39 is 0 Å². The number of ether oxygens (including phenoxy) is 3. The number of hydrogen-bond donors (Lipinski definition) is 2. The van der Waals surface area contributed by atoms with E-state index in [0.717, 1.165) is 22.0 Å². The van der Waals surface area contributed by atoms with E-state index in [-0.39, 0.29) is 12.8 Å². The standard InChI is InChI=1S/C24H21ClN4O4/c1-31-20-9-5-2-6-15(20)12-26-24(30)27-23-17-7-3-4-8-19(17)29(28-23)13-16-10-21-22(11-18(16)25)33-14-32-21/h2-11H,12-14H2,1H3,(H2,26,27,28,30). The van der Waals surface area contributed by atoms with E-state index in [9.17, 15) is 4.79 Å². The molecule has 4 aromatic rings. The molecule has 5 rings (SSSR count). The fourth-order valence-corrected chi connectivity index (χ4v) is 3.97. The van der Waals surface area contributed by atoms with E-state index in [1.807, 2.05) is 54.6 Å². The highest BCUT2D eigenvalue weighted by Gasteiger charge is 2.19. The molecule has 8 nitrogen and oxygen atoms in total. The predicted molar refractivity (Wildman–Crippen MR) is 125 cm³/mol. The van der Waals surface area contributed by atoms with Gasteiger partial charge in [-0.1, -0.05) is 41.9 Å². The fraction of sp³-hybridized carbons (Fsp3) is 0.167. The van der Waals surface area contributed by atoms with Crippen LogP contribution in [0.2, 0.25) is 5.02 Å². The molecule has 9 heteroatoms. The lowest BCUT2D eigenvalue weighted by Gasteiger charge is -2.10. The lowest BCUT2D eigenvalue weighted by molar-refractivity contribution is 0.174. The molecule has 2 heterocycles. The van der Waals surface area contributed by atoms with Crippen LogP contribution < -0.4 is 24.8 Å². The molecule has 0 radical (unpaired) electrons. The van der Waals surface area contributed by atoms with Gasteiger partial charge >= 0.3 is 6.03 Å². The van der Waals surface area contributed by atoms with Gasteiger partial charge in [0, 0.05) is 28.6 Å². The second kappa shape index (κ2) is 8.91. The zero-order valence-corrected chi connectivity index (χ0v) is 18.6. The monoisotopic (exact) mass is 464 g/mol. The first kappa shape index (κ1) is 21.0. The van der Waals surface area contributed by atoms with Gasteiger partial charge in [-0.2, -0.15) is 5.10 Å². The summed E-state index contributed by atoms with van der Waals surface area (Å²) in [6, 6.07) is 18.5. The van der Waals surface area contributed by atoms with Gasteiger partial charge in [0.2, 0.25) is 6.79 Å². The molecule has 0 unspecified atom stereocenters. The molecule has 168 valence electrons. The van der Waals surface area contributed by atoms with E-state index in [0.29, 0.717) is 41.2 Å². The van der Waals surface area contributed by atoms with Crippen molar-refractivity contribution in [3.05, 3.63) is 76.8 Å². The number of nitrogens with zero attached hydrogens (tertiary/aromatic N) is 2. The maximum absolute atomic E-state index is 12.6. The third-order valence-corrected chi connectivity index (χ3v) is 5.74. The van der Waals surface area contributed by atoms with Crippen LogP contribution in [0.3, 0.4) is 0 Å². The first-order valence-electron chi connectivity index (χ1n) is 10.3. The van der Waals surface area contributed by atoms with Gasteiger partial charge in [0.1, 0.15) is 5.75 Å².